The molecule has 0 radical (unpaired) electrons. The van der Waals surface area contributed by atoms with E-state index >= 15 is 0 Å². The first kappa shape index (κ1) is 19.8. The predicted octanol–water partition coefficient (Wildman–Crippen LogP) is -1.40. The molecule has 0 heterocycles. The quantitative estimate of drug-likeness (QED) is 0.439. The molecular weight excluding hydrogens is 240 g/mol. The average Bonchev–Trinajstić information content (AvgIpc) is 2.12. The zero-order chi connectivity index (χ0) is 13.1. The second-order valence-corrected chi connectivity index (χ2v) is 2.02. The monoisotopic (exact) mass is 250 g/mol. The van der Waals surface area contributed by atoms with Crippen LogP contribution in [0.2, 0.25) is 0 Å². The lowest BCUT2D eigenvalue weighted by Crippen LogP contribution is -1.91. The fourth-order valence-electron chi connectivity index (χ4n) is 0.285. The van der Waals surface area contributed by atoms with Crippen LogP contribution in [0.25, 0.3) is 0 Å². The van der Waals surface area contributed by atoms with E-state index in [9.17, 15) is 19.2 Å². The molecule has 0 aromatic carbocycles. The van der Waals surface area contributed by atoms with E-state index in [-0.39, 0.29) is 5.48 Å². The minimum absolute atomic E-state index is 0. The van der Waals surface area contributed by atoms with Gasteiger partial charge in [-0.15, -0.1) is 0 Å². The Bertz CT molecular complexity index is 273. The highest BCUT2D eigenvalue weighted by Crippen LogP contribution is 1.71. The first-order chi connectivity index (χ1) is 7.25. The summed E-state index contributed by atoms with van der Waals surface area (Å²) >= 11 is 0. The van der Waals surface area contributed by atoms with E-state index in [4.69, 9.17) is 20.4 Å². The van der Waals surface area contributed by atoms with Crippen molar-refractivity contribution >= 4 is 23.9 Å². The van der Waals surface area contributed by atoms with Crippen molar-refractivity contribution in [1.82, 2.24) is 0 Å². The molecule has 0 rings (SSSR count). The molecule has 0 aromatic rings. The molecule has 0 bridgehead atoms. The van der Waals surface area contributed by atoms with Crippen LogP contribution in [0.1, 0.15) is 0 Å². The number of carboxylic acids is 4. The van der Waals surface area contributed by atoms with Gasteiger partial charge in [-0.3, -0.25) is 0 Å². The standard InChI is InChI=1S/2C4H4O4.H2O/c2*5-3(6)1-2-4(7)8;/h2*1-2H,(H,5,6)(H,7,8);1H2/b2*2-1-;. The molecule has 0 fully saturated rings. The Hall–Kier alpha value is -2.68. The van der Waals surface area contributed by atoms with Crippen LogP contribution in [-0.4, -0.2) is 49.8 Å². The van der Waals surface area contributed by atoms with Gasteiger partial charge in [-0.25, -0.2) is 19.2 Å². The van der Waals surface area contributed by atoms with Gasteiger partial charge >= 0.3 is 23.9 Å². The van der Waals surface area contributed by atoms with Gasteiger partial charge in [0.25, 0.3) is 0 Å². The summed E-state index contributed by atoms with van der Waals surface area (Å²) in [6.07, 6.45) is 2.23. The summed E-state index contributed by atoms with van der Waals surface area (Å²) in [4.78, 5) is 38.2. The molecule has 0 unspecified atom stereocenters. The second kappa shape index (κ2) is 11.4. The van der Waals surface area contributed by atoms with E-state index in [0.717, 1.165) is 0 Å². The summed E-state index contributed by atoms with van der Waals surface area (Å²) in [6, 6.07) is 0. The van der Waals surface area contributed by atoms with Crippen LogP contribution in [-0.2, 0) is 19.2 Å². The van der Waals surface area contributed by atoms with Crippen molar-refractivity contribution in [3.63, 3.8) is 0 Å². The molecule has 0 atom stereocenters. The Morgan fingerprint density at radius 2 is 0.647 bits per heavy atom. The minimum atomic E-state index is -1.26. The summed E-state index contributed by atoms with van der Waals surface area (Å²) in [5.41, 5.74) is 0. The van der Waals surface area contributed by atoms with Crippen LogP contribution in [0.5, 0.6) is 0 Å². The molecule has 6 N–H and O–H groups in total. The number of aliphatic carboxylic acids is 4. The van der Waals surface area contributed by atoms with Crippen molar-refractivity contribution in [2.45, 2.75) is 0 Å². The Labute approximate surface area is 94.2 Å². The Balaban J connectivity index is -0.000000218. The van der Waals surface area contributed by atoms with Crippen molar-refractivity contribution in [3.8, 4) is 0 Å². The van der Waals surface area contributed by atoms with Crippen molar-refractivity contribution in [3.05, 3.63) is 24.3 Å². The van der Waals surface area contributed by atoms with Crippen LogP contribution < -0.4 is 0 Å². The topological polar surface area (TPSA) is 181 Å². The smallest absolute Gasteiger partial charge is 0.328 e. The molecular formula is C8H10O9. The Kier molecular flexibility index (Phi) is 13.3. The lowest BCUT2D eigenvalue weighted by Gasteiger charge is -1.74. The summed E-state index contributed by atoms with van der Waals surface area (Å²) in [5.74, 6) is -5.03. The van der Waals surface area contributed by atoms with E-state index in [0.29, 0.717) is 24.3 Å². The van der Waals surface area contributed by atoms with Crippen molar-refractivity contribution in [1.29, 1.82) is 0 Å². The fourth-order valence-corrected chi connectivity index (χ4v) is 0.285. The van der Waals surface area contributed by atoms with Crippen LogP contribution in [0.15, 0.2) is 24.3 Å². The molecule has 96 valence electrons. The zero-order valence-electron chi connectivity index (χ0n) is 8.23. The zero-order valence-corrected chi connectivity index (χ0v) is 8.23. The first-order valence-corrected chi connectivity index (χ1v) is 3.53. The summed E-state index contributed by atoms with van der Waals surface area (Å²) in [7, 11) is 0. The molecule has 0 aliphatic heterocycles. The van der Waals surface area contributed by atoms with Gasteiger partial charge in [0.1, 0.15) is 0 Å². The largest absolute Gasteiger partial charge is 0.478 e. The minimum Gasteiger partial charge on any atom is -0.478 e. The van der Waals surface area contributed by atoms with Gasteiger partial charge in [-0.1, -0.05) is 0 Å². The van der Waals surface area contributed by atoms with E-state index in [1.54, 1.807) is 0 Å². The van der Waals surface area contributed by atoms with Crippen LogP contribution in [0, 0.1) is 0 Å². The third kappa shape index (κ3) is 31.9. The van der Waals surface area contributed by atoms with Gasteiger partial charge in [0, 0.05) is 24.3 Å². The maximum absolute atomic E-state index is 9.55. The fraction of sp³-hybridized carbons (Fsp3) is 0. The van der Waals surface area contributed by atoms with E-state index < -0.39 is 23.9 Å². The molecule has 17 heavy (non-hydrogen) atoms. The second-order valence-electron chi connectivity index (χ2n) is 2.02. The molecule has 0 aromatic heterocycles. The van der Waals surface area contributed by atoms with Crippen LogP contribution in [0.3, 0.4) is 0 Å². The Morgan fingerprint density at radius 3 is 0.706 bits per heavy atom. The van der Waals surface area contributed by atoms with Crippen molar-refractivity contribution < 1.29 is 45.1 Å². The molecule has 0 aliphatic rings. The number of hydrogen-bond acceptors (Lipinski definition) is 4. The van der Waals surface area contributed by atoms with E-state index in [1.165, 1.54) is 0 Å². The third-order valence-corrected chi connectivity index (χ3v) is 0.737. The third-order valence-electron chi connectivity index (χ3n) is 0.737. The van der Waals surface area contributed by atoms with Crippen molar-refractivity contribution in [2.75, 3.05) is 0 Å². The number of rotatable bonds is 4. The van der Waals surface area contributed by atoms with Gasteiger partial charge in [0.05, 0.1) is 0 Å². The van der Waals surface area contributed by atoms with Gasteiger partial charge in [0.15, 0.2) is 0 Å². The molecule has 9 heteroatoms. The highest BCUT2D eigenvalue weighted by molar-refractivity contribution is 5.90. The first-order valence-electron chi connectivity index (χ1n) is 3.53. The van der Waals surface area contributed by atoms with E-state index in [1.807, 2.05) is 0 Å². The van der Waals surface area contributed by atoms with Crippen LogP contribution >= 0.6 is 0 Å². The highest BCUT2D eigenvalue weighted by Gasteiger charge is 1.88. The lowest BCUT2D eigenvalue weighted by molar-refractivity contribution is -0.134. The molecule has 0 saturated heterocycles. The Morgan fingerprint density at radius 1 is 0.529 bits per heavy atom. The molecule has 9 nitrogen and oxygen atoms in total. The number of carbonyl (C=O) groups is 4. The maximum Gasteiger partial charge on any atom is 0.328 e. The lowest BCUT2D eigenvalue weighted by atomic mass is 10.5. The molecule has 0 amide bonds. The highest BCUT2D eigenvalue weighted by atomic mass is 16.4. The molecule has 0 saturated carbocycles. The maximum atomic E-state index is 9.55. The normalized spacial score (nSPS) is 8.94. The molecule has 0 spiro atoms. The van der Waals surface area contributed by atoms with Gasteiger partial charge in [0.2, 0.25) is 0 Å². The predicted molar refractivity (Wildman–Crippen MR) is 52.4 cm³/mol. The summed E-state index contributed by atoms with van der Waals surface area (Å²) in [5, 5.41) is 31.2. The van der Waals surface area contributed by atoms with E-state index in [2.05, 4.69) is 0 Å². The van der Waals surface area contributed by atoms with Gasteiger partial charge in [-0.05, 0) is 0 Å². The van der Waals surface area contributed by atoms with Crippen molar-refractivity contribution in [2.24, 2.45) is 0 Å². The summed E-state index contributed by atoms with van der Waals surface area (Å²) in [6.45, 7) is 0. The number of carboxylic acid groups (broad SMARTS) is 4. The number of hydrogen-bond donors (Lipinski definition) is 4. The molecule has 0 aliphatic carbocycles. The average molecular weight is 250 g/mol. The van der Waals surface area contributed by atoms with Gasteiger partial charge < -0.3 is 25.9 Å². The van der Waals surface area contributed by atoms with Gasteiger partial charge in [-0.2, -0.15) is 0 Å². The van der Waals surface area contributed by atoms with Crippen LogP contribution in [0.4, 0.5) is 0 Å². The summed E-state index contributed by atoms with van der Waals surface area (Å²) < 4.78 is 0. The SMILES string of the molecule is O.O=C(O)/C=C\C(=O)O.O=C(O)/C=C\C(=O)O.